The van der Waals surface area contributed by atoms with Gasteiger partial charge in [0.2, 0.25) is 0 Å². The van der Waals surface area contributed by atoms with Crippen molar-refractivity contribution in [1.82, 2.24) is 4.57 Å². The van der Waals surface area contributed by atoms with Gasteiger partial charge in [0.1, 0.15) is 0 Å². The molecule has 156 valence electrons. The van der Waals surface area contributed by atoms with Crippen LogP contribution in [0.15, 0.2) is 98.1 Å². The summed E-state index contributed by atoms with van der Waals surface area (Å²) in [4.78, 5) is 0. The molecule has 0 bridgehead atoms. The maximum absolute atomic E-state index is 4.10. The summed E-state index contributed by atoms with van der Waals surface area (Å²) < 4.78 is 2.36. The fraction of sp³-hybridized carbons (Fsp3) is 0.133. The van der Waals surface area contributed by atoms with Crippen LogP contribution in [0, 0.1) is 0 Å². The monoisotopic (exact) mass is 431 g/mol. The third-order valence-electron chi connectivity index (χ3n) is 6.84. The lowest BCUT2D eigenvalue weighted by Crippen LogP contribution is -1.98. The number of hydrogen-bond acceptors (Lipinski definition) is 0. The second-order valence-corrected chi connectivity index (χ2v) is 10.7. The van der Waals surface area contributed by atoms with Gasteiger partial charge in [0.15, 0.2) is 0 Å². The van der Waals surface area contributed by atoms with Crippen molar-refractivity contribution in [2.45, 2.75) is 25.7 Å². The van der Waals surface area contributed by atoms with Crippen LogP contribution in [0.25, 0.3) is 43.3 Å². The predicted molar refractivity (Wildman–Crippen MR) is 142 cm³/mol. The molecule has 0 aliphatic heterocycles. The second-order valence-electron chi connectivity index (χ2n) is 8.54. The van der Waals surface area contributed by atoms with Gasteiger partial charge < -0.3 is 4.57 Å². The zero-order valence-electron chi connectivity index (χ0n) is 18.2. The summed E-state index contributed by atoms with van der Waals surface area (Å²) in [6, 6.07) is 24.8. The average molecular weight is 432 g/mol. The van der Waals surface area contributed by atoms with Gasteiger partial charge in [-0.25, -0.2) is 0 Å². The molecule has 1 atom stereocenters. The van der Waals surface area contributed by atoms with E-state index in [1.807, 2.05) is 12.2 Å². The van der Waals surface area contributed by atoms with E-state index in [1.54, 1.807) is 16.0 Å². The van der Waals surface area contributed by atoms with Gasteiger partial charge in [-0.1, -0.05) is 81.4 Å². The Hall–Kier alpha value is -3.28. The van der Waals surface area contributed by atoms with E-state index in [9.17, 15) is 0 Å². The lowest BCUT2D eigenvalue weighted by atomic mass is 9.95. The zero-order valence-corrected chi connectivity index (χ0v) is 19.1. The van der Waals surface area contributed by atoms with Crippen LogP contribution in [0.1, 0.15) is 23.7 Å². The third kappa shape index (κ3) is 2.71. The molecular weight excluding hydrogens is 405 g/mol. The summed E-state index contributed by atoms with van der Waals surface area (Å²) >= 11 is 0. The number of aromatic nitrogens is 1. The molecule has 32 heavy (non-hydrogen) atoms. The standard InChI is InChI=1S/C30H26NP/c1-3-12-21(4-2)31-26-17-10-8-16-25(26)29-27(31)20-19-24-23-15-9-11-18-28(23)32(30(24)29)22-13-6-5-7-14-22/h3-8,10,12-14,16-17,19-20H,1-2,9,11,15,18H2/b21-12+. The topological polar surface area (TPSA) is 4.93 Å². The largest absolute Gasteiger partial charge is 0.309 e. The Morgan fingerprint density at radius 3 is 2.41 bits per heavy atom. The highest BCUT2D eigenvalue weighted by Gasteiger charge is 2.25. The van der Waals surface area contributed by atoms with E-state index in [0.29, 0.717) is 0 Å². The van der Waals surface area contributed by atoms with E-state index in [-0.39, 0.29) is 0 Å². The van der Waals surface area contributed by atoms with Crippen molar-refractivity contribution in [3.8, 4) is 5.30 Å². The molecule has 2 heterocycles. The maximum atomic E-state index is 4.10. The van der Waals surface area contributed by atoms with Crippen LogP contribution in [0.3, 0.4) is 0 Å². The Kier molecular flexibility index (Phi) is 4.67. The molecule has 0 fully saturated rings. The molecule has 1 nitrogen and oxygen atoms in total. The average Bonchev–Trinajstić information content (AvgIpc) is 3.36. The highest BCUT2D eigenvalue weighted by molar-refractivity contribution is 7.64. The number of aryl methyl sites for hydroxylation is 1. The van der Waals surface area contributed by atoms with Gasteiger partial charge in [-0.2, -0.15) is 0 Å². The van der Waals surface area contributed by atoms with Crippen LogP contribution in [0.2, 0.25) is 0 Å². The summed E-state index contributed by atoms with van der Waals surface area (Å²) in [6.07, 6.45) is 10.9. The minimum atomic E-state index is -0.504. The number of rotatable bonds is 4. The summed E-state index contributed by atoms with van der Waals surface area (Å²) in [5.41, 5.74) is 5.19. The Morgan fingerprint density at radius 1 is 0.812 bits per heavy atom. The number of nitrogens with zero attached hydrogens (tertiary/aromatic N) is 1. The summed E-state index contributed by atoms with van der Waals surface area (Å²) in [7, 11) is -0.504. The molecule has 0 saturated carbocycles. The highest BCUT2D eigenvalue weighted by Crippen LogP contribution is 2.58. The Labute approximate surface area is 190 Å². The van der Waals surface area contributed by atoms with E-state index in [2.05, 4.69) is 90.5 Å². The summed E-state index contributed by atoms with van der Waals surface area (Å²) in [5.74, 6) is 0. The second kappa shape index (κ2) is 7.69. The van der Waals surface area contributed by atoms with E-state index < -0.39 is 7.53 Å². The van der Waals surface area contributed by atoms with Gasteiger partial charge >= 0.3 is 0 Å². The Bertz CT molecular complexity index is 1540. The quantitative estimate of drug-likeness (QED) is 0.250. The molecule has 6 rings (SSSR count). The smallest absolute Gasteiger partial charge is 0.0551 e. The third-order valence-corrected chi connectivity index (χ3v) is 9.60. The van der Waals surface area contributed by atoms with Gasteiger partial charge in [-0.3, -0.25) is 0 Å². The Balaban J connectivity index is 1.87. The molecule has 1 aliphatic rings. The first-order valence-electron chi connectivity index (χ1n) is 11.4. The first kappa shape index (κ1) is 19.4. The molecular formula is C30H26NP. The van der Waals surface area contributed by atoms with Gasteiger partial charge in [0.05, 0.1) is 11.0 Å². The molecule has 0 radical (unpaired) electrons. The molecule has 2 heteroatoms. The fourth-order valence-electron chi connectivity index (χ4n) is 5.57. The number of hydrogen-bond donors (Lipinski definition) is 0. The molecule has 3 aromatic carbocycles. The zero-order chi connectivity index (χ0) is 21.7. The number of benzene rings is 3. The van der Waals surface area contributed by atoms with Crippen molar-refractivity contribution in [1.29, 1.82) is 0 Å². The first-order chi connectivity index (χ1) is 15.8. The van der Waals surface area contributed by atoms with Crippen molar-refractivity contribution in [2.75, 3.05) is 0 Å². The fourth-order valence-corrected chi connectivity index (χ4v) is 8.68. The number of allylic oxidation sites excluding steroid dienone is 4. The van der Waals surface area contributed by atoms with Gasteiger partial charge in [0.25, 0.3) is 0 Å². The van der Waals surface area contributed by atoms with Crippen molar-refractivity contribution in [3.05, 3.63) is 109 Å². The van der Waals surface area contributed by atoms with Crippen LogP contribution in [0.5, 0.6) is 0 Å². The molecule has 1 unspecified atom stereocenters. The SMILES string of the molecule is C=C/C=C(\C=C)n1c2ccccc2c2c1ccc1c3c(p(-c4ccccc4)c12)CCCC3. The maximum Gasteiger partial charge on any atom is 0.0551 e. The molecule has 0 N–H and O–H groups in total. The predicted octanol–water partition coefficient (Wildman–Crippen LogP) is 9.02. The van der Waals surface area contributed by atoms with Gasteiger partial charge in [-0.05, 0) is 71.5 Å². The van der Waals surface area contributed by atoms with E-state index >= 15 is 0 Å². The van der Waals surface area contributed by atoms with Gasteiger partial charge in [-0.15, -0.1) is 0 Å². The van der Waals surface area contributed by atoms with E-state index in [4.69, 9.17) is 0 Å². The first-order valence-corrected chi connectivity index (χ1v) is 12.8. The lowest BCUT2D eigenvalue weighted by molar-refractivity contribution is 0.700. The van der Waals surface area contributed by atoms with Crippen molar-refractivity contribution < 1.29 is 0 Å². The summed E-state index contributed by atoms with van der Waals surface area (Å²) in [6.45, 7) is 8.04. The molecule has 2 aromatic heterocycles. The van der Waals surface area contributed by atoms with Crippen LogP contribution in [0.4, 0.5) is 0 Å². The minimum absolute atomic E-state index is 0.504. The molecule has 0 spiro atoms. The highest BCUT2D eigenvalue weighted by atomic mass is 31.1. The molecule has 5 aromatic rings. The van der Waals surface area contributed by atoms with Crippen molar-refractivity contribution in [3.63, 3.8) is 0 Å². The number of para-hydroxylation sites is 1. The van der Waals surface area contributed by atoms with Crippen LogP contribution >= 0.6 is 7.53 Å². The normalized spacial score (nSPS) is 14.8. The van der Waals surface area contributed by atoms with Crippen molar-refractivity contribution in [2.24, 2.45) is 0 Å². The lowest BCUT2D eigenvalue weighted by Gasteiger charge is -2.14. The number of fused-ring (bicyclic) bond motifs is 7. The van der Waals surface area contributed by atoms with Crippen molar-refractivity contribution >= 4 is 45.5 Å². The van der Waals surface area contributed by atoms with Crippen LogP contribution in [-0.4, -0.2) is 4.57 Å². The summed E-state index contributed by atoms with van der Waals surface area (Å²) in [5, 5.41) is 9.00. The molecule has 0 amide bonds. The van der Waals surface area contributed by atoms with Crippen LogP contribution in [-0.2, 0) is 12.8 Å². The molecule has 1 aliphatic carbocycles. The Morgan fingerprint density at radius 2 is 1.59 bits per heavy atom. The van der Waals surface area contributed by atoms with E-state index in [0.717, 1.165) is 5.70 Å². The molecule has 0 saturated heterocycles. The minimum Gasteiger partial charge on any atom is -0.309 e. The van der Waals surface area contributed by atoms with Gasteiger partial charge in [0, 0.05) is 21.6 Å². The van der Waals surface area contributed by atoms with Crippen LogP contribution < -0.4 is 0 Å². The van der Waals surface area contributed by atoms with E-state index in [1.165, 1.54) is 58.2 Å².